The van der Waals surface area contributed by atoms with E-state index in [-0.39, 0.29) is 29.9 Å². The summed E-state index contributed by atoms with van der Waals surface area (Å²) in [6, 6.07) is 4.27. The molecular weight excluding hydrogens is 461 g/mol. The zero-order valence-electron chi connectivity index (χ0n) is 16.2. The van der Waals surface area contributed by atoms with Gasteiger partial charge in [0.1, 0.15) is 0 Å². The lowest BCUT2D eigenvalue weighted by Gasteiger charge is -2.37. The van der Waals surface area contributed by atoms with Crippen molar-refractivity contribution in [3.05, 3.63) is 17.5 Å². The molecule has 0 spiro atoms. The van der Waals surface area contributed by atoms with Gasteiger partial charge in [-0.2, -0.15) is 0 Å². The molecule has 6 nitrogen and oxygen atoms in total. The first-order chi connectivity index (χ1) is 12.0. The molecule has 2 heterocycles. The number of piperazine rings is 1. The molecule has 0 aliphatic carbocycles. The molecule has 0 saturated carbocycles. The van der Waals surface area contributed by atoms with Crippen LogP contribution in [0.15, 0.2) is 22.5 Å². The summed E-state index contributed by atoms with van der Waals surface area (Å²) in [6.07, 6.45) is 0. The van der Waals surface area contributed by atoms with Crippen molar-refractivity contribution in [1.82, 2.24) is 15.5 Å². The molecule has 0 bridgehead atoms. The van der Waals surface area contributed by atoms with Gasteiger partial charge in [-0.3, -0.25) is 9.79 Å². The summed E-state index contributed by atoms with van der Waals surface area (Å²) in [7, 11) is 0. The summed E-state index contributed by atoms with van der Waals surface area (Å²) in [5.41, 5.74) is -0.504. The molecule has 0 unspecified atom stereocenters. The van der Waals surface area contributed by atoms with E-state index < -0.39 is 5.41 Å². The summed E-state index contributed by atoms with van der Waals surface area (Å²) < 4.78 is 0. The van der Waals surface area contributed by atoms with Crippen LogP contribution in [0.5, 0.6) is 0 Å². The molecule has 1 aliphatic heterocycles. The Morgan fingerprint density at radius 2 is 1.85 bits per heavy atom. The molecule has 2 N–H and O–H groups in total. The van der Waals surface area contributed by atoms with Crippen LogP contribution in [0, 0.1) is 5.41 Å². The third kappa shape index (κ3) is 6.29. The largest absolute Gasteiger partial charge is 0.360 e. The maximum Gasteiger partial charge on any atom is 0.227 e. The van der Waals surface area contributed by atoms with Gasteiger partial charge in [0.15, 0.2) is 5.96 Å². The lowest BCUT2D eigenvalue weighted by Crippen LogP contribution is -2.52. The number of rotatable bonds is 6. The highest BCUT2D eigenvalue weighted by Crippen LogP contribution is 2.22. The highest BCUT2D eigenvalue weighted by Gasteiger charge is 2.28. The molecular formula is C18H32IN5OS. The van der Waals surface area contributed by atoms with Crippen LogP contribution >= 0.6 is 35.3 Å². The minimum absolute atomic E-state index is 0. The Kier molecular flexibility index (Phi) is 9.70. The van der Waals surface area contributed by atoms with E-state index in [1.807, 2.05) is 20.8 Å². The molecule has 148 valence electrons. The molecule has 8 heteroatoms. The fourth-order valence-corrected chi connectivity index (χ4v) is 3.54. The van der Waals surface area contributed by atoms with Crippen molar-refractivity contribution in [3.8, 4) is 0 Å². The van der Waals surface area contributed by atoms with Crippen LogP contribution < -0.4 is 15.5 Å². The zero-order valence-corrected chi connectivity index (χ0v) is 19.4. The van der Waals surface area contributed by atoms with Crippen LogP contribution in [0.2, 0.25) is 0 Å². The quantitative estimate of drug-likeness (QED) is 0.364. The monoisotopic (exact) mass is 493 g/mol. The molecule has 0 radical (unpaired) electrons. The number of guanidine groups is 1. The van der Waals surface area contributed by atoms with Gasteiger partial charge in [0.2, 0.25) is 5.91 Å². The molecule has 1 fully saturated rings. The number of carbonyl (C=O) groups excluding carboxylic acids is 1. The summed E-state index contributed by atoms with van der Waals surface area (Å²) in [5, 5.41) is 9.72. The predicted molar refractivity (Wildman–Crippen MR) is 122 cm³/mol. The molecule has 1 aromatic heterocycles. The number of nitrogens with zero attached hydrogens (tertiary/aromatic N) is 3. The lowest BCUT2D eigenvalue weighted by molar-refractivity contribution is -0.128. The van der Waals surface area contributed by atoms with E-state index in [9.17, 15) is 4.79 Å². The first-order valence-corrected chi connectivity index (χ1v) is 9.96. The topological polar surface area (TPSA) is 60.0 Å². The Labute approximate surface area is 178 Å². The highest BCUT2D eigenvalue weighted by molar-refractivity contribution is 14.0. The summed E-state index contributed by atoms with van der Waals surface area (Å²) >= 11 is 1.79. The van der Waals surface area contributed by atoms with E-state index >= 15 is 0 Å². The van der Waals surface area contributed by atoms with Gasteiger partial charge in [-0.05, 0) is 45.2 Å². The van der Waals surface area contributed by atoms with E-state index in [1.54, 1.807) is 11.3 Å². The molecule has 0 aromatic carbocycles. The van der Waals surface area contributed by atoms with Crippen molar-refractivity contribution in [2.24, 2.45) is 10.4 Å². The molecule has 2 rings (SSSR count). The Balaban J connectivity index is 0.00000338. The molecule has 26 heavy (non-hydrogen) atoms. The fraction of sp³-hybridized carbons (Fsp3) is 0.667. The molecule has 1 aromatic rings. The molecule has 1 saturated heterocycles. The minimum atomic E-state index is -0.504. The standard InChI is InChI=1S/C18H31N5OS.HI/c1-5-19-16(24)18(3,4)14-21-17(20-6-2)23-11-9-22(10-12-23)15-8-7-13-25-15;/h7-8,13H,5-6,9-12,14H2,1-4H3,(H,19,24)(H,20,21);1H. The van der Waals surface area contributed by atoms with Crippen LogP contribution in [-0.2, 0) is 4.79 Å². The predicted octanol–water partition coefficient (Wildman–Crippen LogP) is 2.62. The number of carbonyl (C=O) groups is 1. The normalized spacial score (nSPS) is 15.5. The maximum atomic E-state index is 12.2. The zero-order chi connectivity index (χ0) is 18.3. The molecule has 1 amide bonds. The van der Waals surface area contributed by atoms with Gasteiger partial charge >= 0.3 is 0 Å². The first-order valence-electron chi connectivity index (χ1n) is 9.08. The summed E-state index contributed by atoms with van der Waals surface area (Å²) in [4.78, 5) is 21.6. The van der Waals surface area contributed by atoms with Crippen molar-refractivity contribution in [3.63, 3.8) is 0 Å². The van der Waals surface area contributed by atoms with Crippen molar-refractivity contribution >= 4 is 52.2 Å². The Bertz CT molecular complexity index is 568. The van der Waals surface area contributed by atoms with Crippen molar-refractivity contribution in [1.29, 1.82) is 0 Å². The third-order valence-electron chi connectivity index (χ3n) is 4.31. The van der Waals surface area contributed by atoms with Gasteiger partial charge < -0.3 is 20.4 Å². The number of hydrogen-bond donors (Lipinski definition) is 2. The fourth-order valence-electron chi connectivity index (χ4n) is 2.76. The number of amides is 1. The van der Waals surface area contributed by atoms with Gasteiger partial charge in [-0.15, -0.1) is 35.3 Å². The van der Waals surface area contributed by atoms with Crippen LogP contribution in [-0.4, -0.2) is 62.6 Å². The summed E-state index contributed by atoms with van der Waals surface area (Å²) in [6.45, 7) is 13.7. The lowest BCUT2D eigenvalue weighted by atomic mass is 9.92. The number of hydrogen-bond acceptors (Lipinski definition) is 4. The second kappa shape index (κ2) is 11.0. The summed E-state index contributed by atoms with van der Waals surface area (Å²) in [5.74, 6) is 0.961. The number of thiophene rings is 1. The maximum absolute atomic E-state index is 12.2. The van der Waals surface area contributed by atoms with E-state index in [0.29, 0.717) is 13.1 Å². The van der Waals surface area contributed by atoms with Gasteiger partial charge in [0.25, 0.3) is 0 Å². The van der Waals surface area contributed by atoms with E-state index in [4.69, 9.17) is 4.99 Å². The van der Waals surface area contributed by atoms with Crippen LogP contribution in [0.4, 0.5) is 5.00 Å². The van der Waals surface area contributed by atoms with Gasteiger partial charge in [-0.1, -0.05) is 0 Å². The van der Waals surface area contributed by atoms with E-state index in [1.165, 1.54) is 5.00 Å². The van der Waals surface area contributed by atoms with Crippen molar-refractivity contribution < 1.29 is 4.79 Å². The highest BCUT2D eigenvalue weighted by atomic mass is 127. The smallest absolute Gasteiger partial charge is 0.227 e. The Morgan fingerprint density at radius 3 is 2.38 bits per heavy atom. The number of halogens is 1. The average Bonchev–Trinajstić information content (AvgIpc) is 3.13. The van der Waals surface area contributed by atoms with Crippen molar-refractivity contribution in [2.75, 3.05) is 50.7 Å². The Hall–Kier alpha value is -1.03. The average molecular weight is 493 g/mol. The van der Waals surface area contributed by atoms with E-state index in [2.05, 4.69) is 44.9 Å². The SMILES string of the molecule is CCNC(=O)C(C)(C)CN=C(NCC)N1CCN(c2cccs2)CC1.I. The minimum Gasteiger partial charge on any atom is -0.360 e. The van der Waals surface area contributed by atoms with Gasteiger partial charge in [-0.25, -0.2) is 0 Å². The number of nitrogens with one attached hydrogen (secondary N) is 2. The van der Waals surface area contributed by atoms with Crippen LogP contribution in [0.3, 0.4) is 0 Å². The van der Waals surface area contributed by atoms with Gasteiger partial charge in [0.05, 0.1) is 17.0 Å². The molecule has 0 atom stereocenters. The van der Waals surface area contributed by atoms with Crippen LogP contribution in [0.25, 0.3) is 0 Å². The first kappa shape index (κ1) is 23.0. The Morgan fingerprint density at radius 1 is 1.19 bits per heavy atom. The van der Waals surface area contributed by atoms with Gasteiger partial charge in [0, 0.05) is 39.3 Å². The molecule has 1 aliphatic rings. The third-order valence-corrected chi connectivity index (χ3v) is 5.24. The second-order valence-electron chi connectivity index (χ2n) is 6.84. The second-order valence-corrected chi connectivity index (χ2v) is 7.77. The number of anilines is 1. The number of aliphatic imine (C=N–C) groups is 1. The van der Waals surface area contributed by atoms with Crippen LogP contribution in [0.1, 0.15) is 27.7 Å². The van der Waals surface area contributed by atoms with E-state index in [0.717, 1.165) is 38.7 Å². The van der Waals surface area contributed by atoms with Crippen molar-refractivity contribution in [2.45, 2.75) is 27.7 Å².